The Morgan fingerprint density at radius 3 is 1.26 bits per heavy atom. The molecule has 0 spiro atoms. The van der Waals surface area contributed by atoms with Gasteiger partial charge in [-0.15, -0.1) is 0 Å². The van der Waals surface area contributed by atoms with Gasteiger partial charge in [0.15, 0.2) is 0 Å². The lowest BCUT2D eigenvalue weighted by atomic mass is 10.2. The fourth-order valence-electron chi connectivity index (χ4n) is 1.60. The van der Waals surface area contributed by atoms with E-state index in [0.717, 1.165) is 6.04 Å². The van der Waals surface area contributed by atoms with Crippen molar-refractivity contribution in [3.05, 3.63) is 0 Å². The first-order valence-electron chi connectivity index (χ1n) is 8.53. The Labute approximate surface area is 124 Å². The molecule has 0 N–H and O–H groups in total. The van der Waals surface area contributed by atoms with E-state index in [1.807, 2.05) is 13.8 Å². The second-order valence-electron chi connectivity index (χ2n) is 4.98. The van der Waals surface area contributed by atoms with Gasteiger partial charge >= 0.3 is 0 Å². The highest BCUT2D eigenvalue weighted by Crippen LogP contribution is 2.04. The summed E-state index contributed by atoms with van der Waals surface area (Å²) in [6, 6.07) is 0.731. The Hall–Kier alpha value is -0.0800. The molecule has 0 bridgehead atoms. The van der Waals surface area contributed by atoms with Crippen molar-refractivity contribution in [3.63, 3.8) is 0 Å². The zero-order valence-electron chi connectivity index (χ0n) is 15.4. The Kier molecular flexibility index (Phi) is 25.5. The van der Waals surface area contributed by atoms with Gasteiger partial charge in [0.2, 0.25) is 0 Å². The van der Waals surface area contributed by atoms with E-state index < -0.39 is 0 Å². The third-order valence-electron chi connectivity index (χ3n) is 2.58. The number of rotatable bonds is 2. The number of likely N-dealkylation sites (N-methyl/N-ethyl adjacent to an activating group) is 1. The predicted molar refractivity (Wildman–Crippen MR) is 92.1 cm³/mol. The van der Waals surface area contributed by atoms with Gasteiger partial charge < -0.3 is 4.90 Å². The number of hydrogen-bond donors (Lipinski definition) is 0. The van der Waals surface area contributed by atoms with Crippen LogP contribution in [-0.4, -0.2) is 48.6 Å². The van der Waals surface area contributed by atoms with Crippen molar-refractivity contribution >= 4 is 0 Å². The van der Waals surface area contributed by atoms with Crippen molar-refractivity contribution in [2.45, 2.75) is 81.2 Å². The van der Waals surface area contributed by atoms with E-state index >= 15 is 0 Å². The zero-order chi connectivity index (χ0) is 15.7. The molecule has 1 rings (SSSR count). The second kappa shape index (κ2) is 20.2. The molecule has 0 atom stereocenters. The van der Waals surface area contributed by atoms with Crippen LogP contribution in [0.5, 0.6) is 0 Å². The summed E-state index contributed by atoms with van der Waals surface area (Å²) >= 11 is 0. The topological polar surface area (TPSA) is 6.48 Å². The molecule has 0 amide bonds. The maximum atomic E-state index is 2.55. The normalized spacial score (nSPS) is 15.5. The molecule has 1 heterocycles. The van der Waals surface area contributed by atoms with Gasteiger partial charge in [0.25, 0.3) is 0 Å². The molecule has 0 aromatic rings. The van der Waals surface area contributed by atoms with E-state index in [1.54, 1.807) is 0 Å². The monoisotopic (exact) mass is 274 g/mol. The van der Waals surface area contributed by atoms with Gasteiger partial charge in [0, 0.05) is 32.2 Å². The van der Waals surface area contributed by atoms with Crippen LogP contribution >= 0.6 is 0 Å². The second-order valence-corrected chi connectivity index (χ2v) is 4.98. The van der Waals surface area contributed by atoms with E-state index in [4.69, 9.17) is 0 Å². The number of nitrogens with zero attached hydrogens (tertiary/aromatic N) is 2. The van der Waals surface area contributed by atoms with Crippen LogP contribution in [0.2, 0.25) is 0 Å². The summed E-state index contributed by atoms with van der Waals surface area (Å²) < 4.78 is 0. The maximum Gasteiger partial charge on any atom is 0.0113 e. The molecule has 1 fully saturated rings. The third kappa shape index (κ3) is 17.9. The minimum Gasteiger partial charge on any atom is -0.301 e. The summed E-state index contributed by atoms with van der Waals surface area (Å²) in [4.78, 5) is 5.06. The van der Waals surface area contributed by atoms with Crippen LogP contribution in [0.3, 0.4) is 0 Å². The molecular weight excluding hydrogens is 232 g/mol. The Balaban J connectivity index is -0.000000269. The molecule has 1 saturated heterocycles. The first-order valence-corrected chi connectivity index (χ1v) is 8.53. The average Bonchev–Trinajstić information content (AvgIpc) is 2.43. The van der Waals surface area contributed by atoms with E-state index in [1.165, 1.54) is 45.6 Å². The number of piperazine rings is 1. The summed E-state index contributed by atoms with van der Waals surface area (Å²) in [5.41, 5.74) is 0. The largest absolute Gasteiger partial charge is 0.301 e. The van der Waals surface area contributed by atoms with Crippen molar-refractivity contribution in [3.8, 4) is 0 Å². The SMILES string of the molecule is CC.CCC.CCC.CCN1CCN(C(C)C)CC1. The van der Waals surface area contributed by atoms with Crippen molar-refractivity contribution in [2.75, 3.05) is 32.7 Å². The highest BCUT2D eigenvalue weighted by molar-refractivity contribution is 4.72. The first kappa shape index (κ1) is 24.0. The van der Waals surface area contributed by atoms with Crippen LogP contribution in [0.15, 0.2) is 0 Å². The molecule has 19 heavy (non-hydrogen) atoms. The third-order valence-corrected chi connectivity index (χ3v) is 2.58. The van der Waals surface area contributed by atoms with E-state index in [0.29, 0.717) is 0 Å². The van der Waals surface area contributed by atoms with Gasteiger partial charge in [-0.3, -0.25) is 4.90 Å². The lowest BCUT2D eigenvalue weighted by molar-refractivity contribution is 0.112. The standard InChI is InChI=1S/C9H20N2.2C3H8.C2H6/c1-4-10-5-7-11(8-6-10)9(2)3;2*1-3-2;1-2/h9H,4-8H2,1-3H3;2*3H2,1-2H3;1-2H3. The van der Waals surface area contributed by atoms with Gasteiger partial charge in [-0.1, -0.05) is 61.3 Å². The smallest absolute Gasteiger partial charge is 0.0113 e. The van der Waals surface area contributed by atoms with Crippen molar-refractivity contribution < 1.29 is 0 Å². The first-order chi connectivity index (χ1) is 9.06. The summed E-state index contributed by atoms with van der Waals surface area (Å²) in [6.45, 7) is 25.5. The van der Waals surface area contributed by atoms with Crippen LogP contribution < -0.4 is 0 Å². The van der Waals surface area contributed by atoms with Crippen LogP contribution in [0.1, 0.15) is 75.2 Å². The highest BCUT2D eigenvalue weighted by Gasteiger charge is 2.16. The molecule has 0 saturated carbocycles. The Morgan fingerprint density at radius 1 is 0.737 bits per heavy atom. The quantitative estimate of drug-likeness (QED) is 0.707. The zero-order valence-corrected chi connectivity index (χ0v) is 15.4. The maximum absolute atomic E-state index is 2.55. The predicted octanol–water partition coefficient (Wildman–Crippen LogP) is 4.89. The molecule has 0 unspecified atom stereocenters. The van der Waals surface area contributed by atoms with E-state index in [9.17, 15) is 0 Å². The van der Waals surface area contributed by atoms with Crippen LogP contribution in [0.4, 0.5) is 0 Å². The summed E-state index contributed by atoms with van der Waals surface area (Å²) in [5.74, 6) is 0. The lowest BCUT2D eigenvalue weighted by Gasteiger charge is -2.36. The Bertz CT molecular complexity index is 125. The van der Waals surface area contributed by atoms with E-state index in [-0.39, 0.29) is 0 Å². The van der Waals surface area contributed by atoms with Crippen LogP contribution in [-0.2, 0) is 0 Å². The molecule has 2 heteroatoms. The lowest BCUT2D eigenvalue weighted by Crippen LogP contribution is -2.48. The fraction of sp³-hybridized carbons (Fsp3) is 1.00. The summed E-state index contributed by atoms with van der Waals surface area (Å²) in [5, 5.41) is 0. The van der Waals surface area contributed by atoms with Crippen molar-refractivity contribution in [2.24, 2.45) is 0 Å². The number of hydrogen-bond acceptors (Lipinski definition) is 2. The average molecular weight is 275 g/mol. The molecule has 0 aliphatic carbocycles. The minimum atomic E-state index is 0.731. The molecule has 1 aliphatic heterocycles. The fourth-order valence-corrected chi connectivity index (χ4v) is 1.60. The van der Waals surface area contributed by atoms with Crippen molar-refractivity contribution in [1.29, 1.82) is 0 Å². The minimum absolute atomic E-state index is 0.731. The molecule has 1 aliphatic rings. The molecule has 2 nitrogen and oxygen atoms in total. The van der Waals surface area contributed by atoms with Gasteiger partial charge in [-0.05, 0) is 20.4 Å². The molecule has 0 aromatic carbocycles. The molecule has 0 aromatic heterocycles. The molecular formula is C17H42N2. The summed E-state index contributed by atoms with van der Waals surface area (Å²) in [7, 11) is 0. The van der Waals surface area contributed by atoms with E-state index in [2.05, 4.69) is 58.3 Å². The van der Waals surface area contributed by atoms with Crippen molar-refractivity contribution in [1.82, 2.24) is 9.80 Å². The summed E-state index contributed by atoms with van der Waals surface area (Å²) in [6.07, 6.45) is 2.50. The van der Waals surface area contributed by atoms with Gasteiger partial charge in [-0.2, -0.15) is 0 Å². The Morgan fingerprint density at radius 2 is 1.05 bits per heavy atom. The van der Waals surface area contributed by atoms with Crippen LogP contribution in [0, 0.1) is 0 Å². The molecule has 120 valence electrons. The van der Waals surface area contributed by atoms with Crippen LogP contribution in [0.25, 0.3) is 0 Å². The van der Waals surface area contributed by atoms with Gasteiger partial charge in [0.05, 0.1) is 0 Å². The molecule has 0 radical (unpaired) electrons. The highest BCUT2D eigenvalue weighted by atomic mass is 15.3. The van der Waals surface area contributed by atoms with Gasteiger partial charge in [-0.25, -0.2) is 0 Å². The van der Waals surface area contributed by atoms with Gasteiger partial charge in [0.1, 0.15) is 0 Å².